The van der Waals surface area contributed by atoms with Crippen LogP contribution in [0, 0.1) is 0 Å². The Labute approximate surface area is 186 Å². The van der Waals surface area contributed by atoms with Crippen LogP contribution in [-0.2, 0) is 37.5 Å². The van der Waals surface area contributed by atoms with Gasteiger partial charge < -0.3 is 29.7 Å². The number of aromatic nitrogens is 1. The van der Waals surface area contributed by atoms with E-state index in [9.17, 15) is 23.7 Å². The number of thiazole rings is 1. The lowest BCUT2D eigenvalue weighted by molar-refractivity contribution is -0.154. The second-order valence-electron chi connectivity index (χ2n) is 6.03. The summed E-state index contributed by atoms with van der Waals surface area (Å²) in [5, 5.41) is 8.65. The van der Waals surface area contributed by atoms with E-state index < -0.39 is 49.0 Å². The summed E-state index contributed by atoms with van der Waals surface area (Å²) >= 11 is 6.43. The molecule has 1 aliphatic heterocycles. The summed E-state index contributed by atoms with van der Waals surface area (Å²) in [7, 11) is -2.96. The minimum absolute atomic E-state index is 0.00745. The predicted octanol–water partition coefficient (Wildman–Crippen LogP) is 0.784. The van der Waals surface area contributed by atoms with E-state index in [0.29, 0.717) is 0 Å². The molecule has 1 aliphatic rings. The first kappa shape index (κ1) is 25.2. The number of esters is 1. The molecule has 3 N–H and O–H groups in total. The second kappa shape index (κ2) is 11.0. The molecule has 0 aromatic carbocycles. The van der Waals surface area contributed by atoms with E-state index in [2.05, 4.69) is 25.7 Å². The summed E-state index contributed by atoms with van der Waals surface area (Å²) in [5.74, 6) is -3.09. The summed E-state index contributed by atoms with van der Waals surface area (Å²) in [6.07, 6.45) is 0. The molecule has 3 atom stereocenters. The summed E-state index contributed by atoms with van der Waals surface area (Å²) in [4.78, 5) is 52.4. The molecule has 0 bridgehead atoms. The molecule has 1 aromatic heterocycles. The molecule has 12 nitrogen and oxygen atoms in total. The van der Waals surface area contributed by atoms with E-state index in [0.717, 1.165) is 18.4 Å². The predicted molar refractivity (Wildman–Crippen MR) is 111 cm³/mol. The molecule has 0 radical (unpaired) electrons. The van der Waals surface area contributed by atoms with Gasteiger partial charge in [0.1, 0.15) is 11.9 Å². The maximum Gasteiger partial charge on any atom is 0.349 e. The number of rotatable bonds is 11. The third-order valence-electron chi connectivity index (χ3n) is 4.02. The second-order valence-corrected chi connectivity index (χ2v) is 9.27. The standard InChI is InChI=1S/C16H22ClN4O8PS/c1-4-28-30(26,29-5-2)12(8-7-31-16(18-8)19-9(22)6-17)14(24)20-10-11(15(25)27-3)21-13(10)23/h7,10-12H,4-6H2,1-3H3,(H,20,24)(H,21,23)(H,18,19,22)/t10-,11-,12?/m1/s1. The summed E-state index contributed by atoms with van der Waals surface area (Å²) < 4.78 is 28.6. The smallest absolute Gasteiger partial charge is 0.349 e. The maximum absolute atomic E-state index is 13.4. The molecular formula is C16H22ClN4O8PS. The SMILES string of the molecule is CCOP(=O)(OCC)C(C(=O)N[C@H]1C(=O)N[C@H]1C(=O)OC)c1csc(NC(=O)CCl)n1. The molecule has 1 fully saturated rings. The van der Waals surface area contributed by atoms with Crippen molar-refractivity contribution in [3.63, 3.8) is 0 Å². The van der Waals surface area contributed by atoms with Crippen LogP contribution in [0.4, 0.5) is 5.13 Å². The van der Waals surface area contributed by atoms with E-state index in [1.807, 2.05) is 0 Å². The number of carbonyl (C=O) groups is 4. The van der Waals surface area contributed by atoms with E-state index in [-0.39, 0.29) is 29.9 Å². The number of β-lactam (4-membered cyclic amide) rings is 1. The fraction of sp³-hybridized carbons (Fsp3) is 0.562. The number of nitrogens with zero attached hydrogens (tertiary/aromatic N) is 1. The van der Waals surface area contributed by atoms with E-state index in [4.69, 9.17) is 20.6 Å². The summed E-state index contributed by atoms with van der Waals surface area (Å²) in [5.41, 5.74) is -1.57. The lowest BCUT2D eigenvalue weighted by atomic mass is 9.99. The van der Waals surface area contributed by atoms with Crippen molar-refractivity contribution in [2.45, 2.75) is 31.6 Å². The van der Waals surface area contributed by atoms with Gasteiger partial charge in [-0.3, -0.25) is 18.9 Å². The van der Waals surface area contributed by atoms with Crippen molar-refractivity contribution in [2.75, 3.05) is 31.5 Å². The van der Waals surface area contributed by atoms with Gasteiger partial charge in [-0.05, 0) is 13.8 Å². The first-order valence-corrected chi connectivity index (χ1v) is 12.1. The number of hydrogen-bond donors (Lipinski definition) is 3. The van der Waals surface area contributed by atoms with Crippen molar-refractivity contribution >= 4 is 59.4 Å². The quantitative estimate of drug-likeness (QED) is 0.174. The highest BCUT2D eigenvalue weighted by Crippen LogP contribution is 2.61. The molecule has 1 aromatic rings. The number of hydrogen-bond acceptors (Lipinski definition) is 10. The Balaban J connectivity index is 2.36. The van der Waals surface area contributed by atoms with Crippen molar-refractivity contribution in [2.24, 2.45) is 0 Å². The van der Waals surface area contributed by atoms with Gasteiger partial charge in [-0.1, -0.05) is 0 Å². The highest BCUT2D eigenvalue weighted by atomic mass is 35.5. The van der Waals surface area contributed by atoms with Gasteiger partial charge in [0.25, 0.3) is 0 Å². The van der Waals surface area contributed by atoms with Crippen molar-refractivity contribution in [1.29, 1.82) is 0 Å². The number of amides is 3. The van der Waals surface area contributed by atoms with Crippen LogP contribution in [0.15, 0.2) is 5.38 Å². The lowest BCUT2D eigenvalue weighted by Crippen LogP contribution is -2.72. The first-order chi connectivity index (χ1) is 14.7. The average molecular weight is 497 g/mol. The largest absolute Gasteiger partial charge is 0.467 e. The summed E-state index contributed by atoms with van der Waals surface area (Å²) in [6.45, 7) is 3.08. The summed E-state index contributed by atoms with van der Waals surface area (Å²) in [6, 6.07) is -2.32. The Bertz CT molecular complexity index is 887. The Hall–Kier alpha value is -2.05. The van der Waals surface area contributed by atoms with Crippen LogP contribution in [0.5, 0.6) is 0 Å². The molecule has 31 heavy (non-hydrogen) atoms. The monoisotopic (exact) mass is 496 g/mol. The zero-order valence-electron chi connectivity index (χ0n) is 16.9. The Morgan fingerprint density at radius 2 is 1.97 bits per heavy atom. The van der Waals surface area contributed by atoms with Crippen LogP contribution in [0.2, 0.25) is 0 Å². The number of carbonyl (C=O) groups excluding carboxylic acids is 4. The molecule has 2 heterocycles. The number of alkyl halides is 1. The molecule has 3 amide bonds. The van der Waals surface area contributed by atoms with Gasteiger partial charge in [0.05, 0.1) is 26.0 Å². The van der Waals surface area contributed by atoms with Gasteiger partial charge in [-0.25, -0.2) is 9.78 Å². The molecule has 172 valence electrons. The van der Waals surface area contributed by atoms with Crippen LogP contribution in [0.1, 0.15) is 25.2 Å². The normalized spacial score (nSPS) is 19.0. The fourth-order valence-corrected chi connectivity index (χ4v) is 5.52. The van der Waals surface area contributed by atoms with Gasteiger partial charge >= 0.3 is 13.6 Å². The Kier molecular flexibility index (Phi) is 8.95. The van der Waals surface area contributed by atoms with Crippen LogP contribution in [0.25, 0.3) is 0 Å². The molecule has 1 unspecified atom stereocenters. The van der Waals surface area contributed by atoms with E-state index in [1.165, 1.54) is 5.38 Å². The average Bonchev–Trinajstić information content (AvgIpc) is 3.17. The Morgan fingerprint density at radius 1 is 1.32 bits per heavy atom. The van der Waals surface area contributed by atoms with Crippen LogP contribution in [0.3, 0.4) is 0 Å². The van der Waals surface area contributed by atoms with E-state index in [1.54, 1.807) is 13.8 Å². The van der Waals surface area contributed by atoms with Crippen molar-refractivity contribution < 1.29 is 37.5 Å². The fourth-order valence-electron chi connectivity index (χ4n) is 2.69. The number of methoxy groups -OCH3 is 1. The molecular weight excluding hydrogens is 475 g/mol. The maximum atomic E-state index is 13.4. The number of halogens is 1. The number of anilines is 1. The number of nitrogens with one attached hydrogen (secondary N) is 3. The molecule has 1 saturated heterocycles. The molecule has 2 rings (SSSR count). The molecule has 0 spiro atoms. The van der Waals surface area contributed by atoms with Crippen molar-refractivity contribution in [3.05, 3.63) is 11.1 Å². The Morgan fingerprint density at radius 3 is 2.48 bits per heavy atom. The topological polar surface area (TPSA) is 162 Å². The van der Waals surface area contributed by atoms with Gasteiger partial charge in [0.15, 0.2) is 16.8 Å². The van der Waals surface area contributed by atoms with Gasteiger partial charge in [-0.15, -0.1) is 22.9 Å². The third kappa shape index (κ3) is 5.80. The molecule has 0 aliphatic carbocycles. The van der Waals surface area contributed by atoms with Gasteiger partial charge in [0.2, 0.25) is 17.7 Å². The minimum Gasteiger partial charge on any atom is -0.467 e. The van der Waals surface area contributed by atoms with Gasteiger partial charge in [0, 0.05) is 5.38 Å². The van der Waals surface area contributed by atoms with Crippen LogP contribution < -0.4 is 16.0 Å². The van der Waals surface area contributed by atoms with Gasteiger partial charge in [-0.2, -0.15) is 0 Å². The first-order valence-electron chi connectivity index (χ1n) is 9.09. The van der Waals surface area contributed by atoms with Crippen molar-refractivity contribution in [3.8, 4) is 0 Å². The highest BCUT2D eigenvalue weighted by Gasteiger charge is 2.50. The zero-order valence-corrected chi connectivity index (χ0v) is 19.3. The van der Waals surface area contributed by atoms with Crippen LogP contribution in [-0.4, -0.2) is 67.0 Å². The third-order valence-corrected chi connectivity index (χ3v) is 7.41. The van der Waals surface area contributed by atoms with Crippen molar-refractivity contribution in [1.82, 2.24) is 15.6 Å². The number of ether oxygens (including phenoxy) is 1. The van der Waals surface area contributed by atoms with E-state index >= 15 is 0 Å². The lowest BCUT2D eigenvalue weighted by Gasteiger charge is -2.36. The molecule has 0 saturated carbocycles. The van der Waals surface area contributed by atoms with Crippen LogP contribution >= 0.6 is 30.5 Å². The minimum atomic E-state index is -4.10. The highest BCUT2D eigenvalue weighted by molar-refractivity contribution is 7.55. The zero-order chi connectivity index (χ0) is 23.2. The molecule has 15 heteroatoms.